The maximum Gasteiger partial charge on any atom is 0.227 e. The fourth-order valence-corrected chi connectivity index (χ4v) is 3.07. The fourth-order valence-electron chi connectivity index (χ4n) is 3.07. The molecule has 0 aromatic rings. The highest BCUT2D eigenvalue weighted by molar-refractivity contribution is 5.85. The van der Waals surface area contributed by atoms with Crippen molar-refractivity contribution in [1.82, 2.24) is 10.6 Å². The molecule has 3 aliphatic rings. The van der Waals surface area contributed by atoms with Crippen molar-refractivity contribution in [3.05, 3.63) is 0 Å². The average Bonchev–Trinajstić information content (AvgIpc) is 3.15. The van der Waals surface area contributed by atoms with Crippen LogP contribution in [-0.4, -0.2) is 25.5 Å². The Morgan fingerprint density at radius 2 is 2.06 bits per heavy atom. The highest BCUT2D eigenvalue weighted by atomic mass is 35.5. The molecule has 17 heavy (non-hydrogen) atoms. The minimum Gasteiger partial charge on any atom is -0.355 e. The van der Waals surface area contributed by atoms with Gasteiger partial charge in [0, 0.05) is 13.1 Å². The van der Waals surface area contributed by atoms with Gasteiger partial charge in [-0.1, -0.05) is 0 Å². The van der Waals surface area contributed by atoms with Gasteiger partial charge in [-0.05, 0) is 56.9 Å². The predicted octanol–water partition coefficient (Wildman–Crippen LogP) is 1.71. The summed E-state index contributed by atoms with van der Waals surface area (Å²) in [5, 5.41) is 6.49. The maximum absolute atomic E-state index is 12.1. The van der Waals surface area contributed by atoms with Crippen molar-refractivity contribution in [1.29, 1.82) is 0 Å². The van der Waals surface area contributed by atoms with Crippen molar-refractivity contribution in [3.8, 4) is 0 Å². The van der Waals surface area contributed by atoms with E-state index in [0.717, 1.165) is 32.0 Å². The van der Waals surface area contributed by atoms with Gasteiger partial charge in [-0.15, -0.1) is 12.4 Å². The van der Waals surface area contributed by atoms with Crippen LogP contribution in [-0.2, 0) is 4.79 Å². The minimum atomic E-state index is -0.153. The lowest BCUT2D eigenvalue weighted by Crippen LogP contribution is -2.43. The number of nitrogens with one attached hydrogen (secondary N) is 2. The van der Waals surface area contributed by atoms with Crippen LogP contribution >= 0.6 is 12.4 Å². The maximum atomic E-state index is 12.1. The molecule has 2 saturated carbocycles. The summed E-state index contributed by atoms with van der Waals surface area (Å²) in [7, 11) is 0. The zero-order chi connectivity index (χ0) is 11.2. The molecule has 0 bridgehead atoms. The van der Waals surface area contributed by atoms with Crippen LogP contribution in [0, 0.1) is 16.7 Å². The summed E-state index contributed by atoms with van der Waals surface area (Å²) in [5.41, 5.74) is 0.373. The van der Waals surface area contributed by atoms with Gasteiger partial charge in [-0.25, -0.2) is 0 Å². The van der Waals surface area contributed by atoms with Crippen LogP contribution in [0.15, 0.2) is 0 Å². The Hall–Kier alpha value is -0.280. The van der Waals surface area contributed by atoms with Crippen LogP contribution in [0.4, 0.5) is 0 Å². The summed E-state index contributed by atoms with van der Waals surface area (Å²) < 4.78 is 0. The topological polar surface area (TPSA) is 41.1 Å². The van der Waals surface area contributed by atoms with Crippen LogP contribution in [0.3, 0.4) is 0 Å². The van der Waals surface area contributed by atoms with Gasteiger partial charge in [0.2, 0.25) is 5.91 Å². The summed E-state index contributed by atoms with van der Waals surface area (Å²) >= 11 is 0. The van der Waals surface area contributed by atoms with E-state index >= 15 is 0 Å². The summed E-state index contributed by atoms with van der Waals surface area (Å²) in [6.07, 6.45) is 6.46. The number of carbonyl (C=O) groups is 1. The number of amides is 1. The van der Waals surface area contributed by atoms with Crippen molar-refractivity contribution >= 4 is 18.3 Å². The van der Waals surface area contributed by atoms with Crippen molar-refractivity contribution in [3.63, 3.8) is 0 Å². The molecule has 1 atom stereocenters. The molecular formula is C13H23ClN2O. The standard InChI is InChI=1S/C13H22N2O.ClH/c1-12(6-7-14-8-12)11(16)15-9-13(4-5-13)10-2-3-10;/h10,14H,2-9H2,1H3,(H,15,16);1H. The Bertz CT molecular complexity index is 305. The molecule has 1 saturated heterocycles. The van der Waals surface area contributed by atoms with Crippen LogP contribution in [0.25, 0.3) is 0 Å². The fraction of sp³-hybridized carbons (Fsp3) is 0.923. The Kier molecular flexibility index (Phi) is 3.43. The third-order valence-corrected chi connectivity index (χ3v) is 4.85. The number of hydrogen-bond donors (Lipinski definition) is 2. The van der Waals surface area contributed by atoms with Gasteiger partial charge in [-0.2, -0.15) is 0 Å². The van der Waals surface area contributed by atoms with Crippen LogP contribution in [0.1, 0.15) is 39.0 Å². The van der Waals surface area contributed by atoms with Crippen molar-refractivity contribution in [2.24, 2.45) is 16.7 Å². The number of rotatable bonds is 4. The van der Waals surface area contributed by atoms with E-state index in [4.69, 9.17) is 0 Å². The monoisotopic (exact) mass is 258 g/mol. The first-order chi connectivity index (χ1) is 7.65. The Balaban J connectivity index is 0.00000108. The van der Waals surface area contributed by atoms with E-state index in [-0.39, 0.29) is 23.7 Å². The highest BCUT2D eigenvalue weighted by Crippen LogP contribution is 2.60. The minimum absolute atomic E-state index is 0. The molecule has 98 valence electrons. The molecule has 0 aromatic heterocycles. The molecule has 3 nitrogen and oxygen atoms in total. The molecule has 1 amide bonds. The van der Waals surface area contributed by atoms with Gasteiger partial charge in [0.1, 0.15) is 0 Å². The molecule has 2 N–H and O–H groups in total. The van der Waals surface area contributed by atoms with Crippen LogP contribution in [0.5, 0.6) is 0 Å². The molecule has 4 heteroatoms. The average molecular weight is 259 g/mol. The van der Waals surface area contributed by atoms with Gasteiger partial charge >= 0.3 is 0 Å². The van der Waals surface area contributed by atoms with Gasteiger partial charge in [-0.3, -0.25) is 4.79 Å². The first-order valence-corrected chi connectivity index (χ1v) is 6.64. The summed E-state index contributed by atoms with van der Waals surface area (Å²) in [5.74, 6) is 1.20. The Labute approximate surface area is 110 Å². The molecule has 3 fully saturated rings. The zero-order valence-corrected chi connectivity index (χ0v) is 11.4. The summed E-state index contributed by atoms with van der Waals surface area (Å²) in [6.45, 7) is 4.85. The largest absolute Gasteiger partial charge is 0.355 e. The molecule has 1 unspecified atom stereocenters. The van der Waals surface area contributed by atoms with E-state index in [1.165, 1.54) is 25.7 Å². The number of carbonyl (C=O) groups excluding carboxylic acids is 1. The first kappa shape index (κ1) is 13.2. The lowest BCUT2D eigenvalue weighted by atomic mass is 9.88. The molecular weight excluding hydrogens is 236 g/mol. The number of hydrogen-bond acceptors (Lipinski definition) is 2. The van der Waals surface area contributed by atoms with E-state index in [1.807, 2.05) is 0 Å². The van der Waals surface area contributed by atoms with E-state index in [1.54, 1.807) is 0 Å². The number of halogens is 1. The van der Waals surface area contributed by atoms with Gasteiger partial charge < -0.3 is 10.6 Å². The summed E-state index contributed by atoms with van der Waals surface area (Å²) in [6, 6.07) is 0. The second-order valence-electron chi connectivity index (χ2n) is 6.31. The lowest BCUT2D eigenvalue weighted by Gasteiger charge is -2.24. The second-order valence-corrected chi connectivity index (χ2v) is 6.31. The molecule has 0 radical (unpaired) electrons. The molecule has 1 aliphatic heterocycles. The van der Waals surface area contributed by atoms with Crippen LogP contribution < -0.4 is 10.6 Å². The molecule has 0 aromatic carbocycles. The van der Waals surface area contributed by atoms with E-state index in [9.17, 15) is 4.79 Å². The smallest absolute Gasteiger partial charge is 0.227 e. The van der Waals surface area contributed by atoms with Crippen molar-refractivity contribution in [2.75, 3.05) is 19.6 Å². The Morgan fingerprint density at radius 1 is 1.35 bits per heavy atom. The third kappa shape index (κ3) is 2.45. The third-order valence-electron chi connectivity index (χ3n) is 4.85. The van der Waals surface area contributed by atoms with Crippen LogP contribution in [0.2, 0.25) is 0 Å². The first-order valence-electron chi connectivity index (χ1n) is 6.64. The normalized spacial score (nSPS) is 33.9. The SMILES string of the molecule is CC1(C(=O)NCC2(C3CC3)CC2)CCNC1.Cl. The van der Waals surface area contributed by atoms with Gasteiger partial charge in [0.15, 0.2) is 0 Å². The molecule has 2 aliphatic carbocycles. The molecule has 0 spiro atoms. The van der Waals surface area contributed by atoms with E-state index in [2.05, 4.69) is 17.6 Å². The Morgan fingerprint density at radius 3 is 2.53 bits per heavy atom. The quantitative estimate of drug-likeness (QED) is 0.806. The van der Waals surface area contributed by atoms with Crippen molar-refractivity contribution in [2.45, 2.75) is 39.0 Å². The predicted molar refractivity (Wildman–Crippen MR) is 70.2 cm³/mol. The highest BCUT2D eigenvalue weighted by Gasteiger charge is 2.54. The molecule has 3 rings (SSSR count). The summed E-state index contributed by atoms with van der Waals surface area (Å²) in [4.78, 5) is 12.1. The molecule has 1 heterocycles. The van der Waals surface area contributed by atoms with Gasteiger partial charge in [0.25, 0.3) is 0 Å². The van der Waals surface area contributed by atoms with E-state index < -0.39 is 0 Å². The zero-order valence-electron chi connectivity index (χ0n) is 10.6. The second kappa shape index (κ2) is 4.43. The lowest BCUT2D eigenvalue weighted by molar-refractivity contribution is -0.129. The van der Waals surface area contributed by atoms with Crippen molar-refractivity contribution < 1.29 is 4.79 Å². The van der Waals surface area contributed by atoms with E-state index in [0.29, 0.717) is 5.41 Å². The van der Waals surface area contributed by atoms with Gasteiger partial charge in [0.05, 0.1) is 5.41 Å².